The lowest BCUT2D eigenvalue weighted by molar-refractivity contribution is -0.123. The van der Waals surface area contributed by atoms with Gasteiger partial charge in [0, 0.05) is 10.0 Å². The molecule has 0 bridgehead atoms. The lowest BCUT2D eigenvalue weighted by Gasteiger charge is -2.27. The smallest absolute Gasteiger partial charge is 0.242 e. The van der Waals surface area contributed by atoms with Crippen LogP contribution in [0.3, 0.4) is 0 Å². The Labute approximate surface area is 98.5 Å². The van der Waals surface area contributed by atoms with Gasteiger partial charge in [0.25, 0.3) is 0 Å². The number of primary amides is 1. The highest BCUT2D eigenvalue weighted by atomic mass is 35.5. The summed E-state index contributed by atoms with van der Waals surface area (Å²) < 4.78 is 0. The monoisotopic (exact) mass is 246 g/mol. The average molecular weight is 247 g/mol. The minimum absolute atomic E-state index is 0.415. The zero-order valence-corrected chi connectivity index (χ0v) is 9.99. The van der Waals surface area contributed by atoms with Gasteiger partial charge >= 0.3 is 0 Å². The molecule has 0 fully saturated rings. The first-order chi connectivity index (χ1) is 6.91. The molecular formula is C10H12Cl2N2O. The van der Waals surface area contributed by atoms with Crippen molar-refractivity contribution in [2.45, 2.75) is 12.5 Å². The summed E-state index contributed by atoms with van der Waals surface area (Å²) in [5.74, 6) is -0.491. The number of amides is 1. The molecule has 0 aliphatic rings. The predicted molar refractivity (Wildman–Crippen MR) is 62.1 cm³/mol. The Hall–Kier alpha value is -0.770. The van der Waals surface area contributed by atoms with Gasteiger partial charge < -0.3 is 11.1 Å². The first-order valence-corrected chi connectivity index (χ1v) is 5.11. The minimum atomic E-state index is -0.984. The van der Waals surface area contributed by atoms with E-state index in [0.717, 1.165) is 0 Å². The second-order valence-electron chi connectivity index (χ2n) is 3.36. The molecule has 0 aliphatic heterocycles. The van der Waals surface area contributed by atoms with Crippen molar-refractivity contribution in [3.05, 3.63) is 33.8 Å². The van der Waals surface area contributed by atoms with E-state index in [9.17, 15) is 4.79 Å². The number of nitrogens with two attached hydrogens (primary N) is 1. The first kappa shape index (κ1) is 12.3. The quantitative estimate of drug-likeness (QED) is 0.857. The molecule has 0 saturated carbocycles. The van der Waals surface area contributed by atoms with Crippen LogP contribution in [0.15, 0.2) is 18.2 Å². The molecule has 0 aliphatic carbocycles. The van der Waals surface area contributed by atoms with Gasteiger partial charge in [-0.25, -0.2) is 0 Å². The molecule has 3 N–H and O–H groups in total. The number of carbonyl (C=O) groups is 1. The van der Waals surface area contributed by atoms with Crippen LogP contribution in [-0.2, 0) is 10.3 Å². The molecule has 0 spiro atoms. The third-order valence-electron chi connectivity index (χ3n) is 2.46. The maximum atomic E-state index is 11.4. The molecule has 3 nitrogen and oxygen atoms in total. The zero-order valence-electron chi connectivity index (χ0n) is 8.47. The van der Waals surface area contributed by atoms with E-state index in [4.69, 9.17) is 28.9 Å². The Balaban J connectivity index is 3.30. The standard InChI is InChI=1S/C10H12Cl2N2O/c1-10(14-2,9(13)15)7-4-3-6(11)5-8(7)12/h3-5,14H,1-2H3,(H2,13,15). The van der Waals surface area contributed by atoms with Crippen LogP contribution in [-0.4, -0.2) is 13.0 Å². The van der Waals surface area contributed by atoms with Crippen molar-refractivity contribution in [2.75, 3.05) is 7.05 Å². The lowest BCUT2D eigenvalue weighted by atomic mass is 9.91. The highest BCUT2D eigenvalue weighted by molar-refractivity contribution is 6.35. The molecule has 5 heteroatoms. The van der Waals surface area contributed by atoms with Crippen LogP contribution in [0, 0.1) is 0 Å². The van der Waals surface area contributed by atoms with Crippen molar-refractivity contribution in [1.82, 2.24) is 5.32 Å². The van der Waals surface area contributed by atoms with Gasteiger partial charge in [-0.2, -0.15) is 0 Å². The molecule has 0 aromatic heterocycles. The SMILES string of the molecule is CNC(C)(C(N)=O)c1ccc(Cl)cc1Cl. The van der Waals surface area contributed by atoms with E-state index in [0.29, 0.717) is 15.6 Å². The predicted octanol–water partition coefficient (Wildman–Crippen LogP) is 1.91. The van der Waals surface area contributed by atoms with Crippen molar-refractivity contribution < 1.29 is 4.79 Å². The normalized spacial score (nSPS) is 14.7. The number of nitrogens with one attached hydrogen (secondary N) is 1. The fourth-order valence-electron chi connectivity index (χ4n) is 1.29. The van der Waals surface area contributed by atoms with Gasteiger partial charge in [-0.05, 0) is 31.7 Å². The number of carbonyl (C=O) groups excluding carboxylic acids is 1. The van der Waals surface area contributed by atoms with Crippen LogP contribution in [0.25, 0.3) is 0 Å². The Bertz CT molecular complexity index is 395. The van der Waals surface area contributed by atoms with E-state index in [1.165, 1.54) is 0 Å². The summed E-state index contributed by atoms with van der Waals surface area (Å²) in [6.07, 6.45) is 0. The number of likely N-dealkylation sites (N-methyl/N-ethyl adjacent to an activating group) is 1. The number of benzene rings is 1. The molecule has 0 saturated heterocycles. The summed E-state index contributed by atoms with van der Waals surface area (Å²) in [5, 5.41) is 3.79. The van der Waals surface area contributed by atoms with Crippen molar-refractivity contribution in [3.63, 3.8) is 0 Å². The van der Waals surface area contributed by atoms with Crippen LogP contribution >= 0.6 is 23.2 Å². The molecular weight excluding hydrogens is 235 g/mol. The van der Waals surface area contributed by atoms with E-state index in [2.05, 4.69) is 5.32 Å². The topological polar surface area (TPSA) is 55.1 Å². The zero-order chi connectivity index (χ0) is 11.6. The van der Waals surface area contributed by atoms with Crippen LogP contribution in [0.5, 0.6) is 0 Å². The van der Waals surface area contributed by atoms with E-state index in [-0.39, 0.29) is 0 Å². The average Bonchev–Trinajstić information content (AvgIpc) is 2.16. The van der Waals surface area contributed by atoms with Crippen LogP contribution in [0.4, 0.5) is 0 Å². The molecule has 1 amide bonds. The Morgan fingerprint density at radius 1 is 1.47 bits per heavy atom. The van der Waals surface area contributed by atoms with Crippen molar-refractivity contribution >= 4 is 29.1 Å². The second kappa shape index (κ2) is 4.39. The molecule has 0 radical (unpaired) electrons. The molecule has 82 valence electrons. The number of hydrogen-bond donors (Lipinski definition) is 2. The summed E-state index contributed by atoms with van der Waals surface area (Å²) in [6.45, 7) is 1.67. The number of halogens is 2. The summed E-state index contributed by atoms with van der Waals surface area (Å²) in [5.41, 5.74) is 4.96. The lowest BCUT2D eigenvalue weighted by Crippen LogP contribution is -2.48. The third kappa shape index (κ3) is 2.25. The Morgan fingerprint density at radius 3 is 2.47 bits per heavy atom. The maximum Gasteiger partial charge on any atom is 0.242 e. The van der Waals surface area contributed by atoms with Crippen molar-refractivity contribution in [1.29, 1.82) is 0 Å². The van der Waals surface area contributed by atoms with Crippen molar-refractivity contribution in [3.8, 4) is 0 Å². The van der Waals surface area contributed by atoms with Gasteiger partial charge in [-0.15, -0.1) is 0 Å². The molecule has 15 heavy (non-hydrogen) atoms. The molecule has 1 aromatic carbocycles. The molecule has 1 rings (SSSR count). The molecule has 1 atom stereocenters. The number of rotatable bonds is 3. The van der Waals surface area contributed by atoms with E-state index >= 15 is 0 Å². The molecule has 1 unspecified atom stereocenters. The second-order valence-corrected chi connectivity index (χ2v) is 4.21. The van der Waals surface area contributed by atoms with Gasteiger partial charge in [-0.3, -0.25) is 4.79 Å². The maximum absolute atomic E-state index is 11.4. The highest BCUT2D eigenvalue weighted by Gasteiger charge is 2.33. The summed E-state index contributed by atoms with van der Waals surface area (Å²) in [7, 11) is 1.65. The fraction of sp³-hybridized carbons (Fsp3) is 0.300. The van der Waals surface area contributed by atoms with Gasteiger partial charge in [0.05, 0.1) is 0 Å². The van der Waals surface area contributed by atoms with Gasteiger partial charge in [-0.1, -0.05) is 29.3 Å². The largest absolute Gasteiger partial charge is 0.368 e. The molecule has 0 heterocycles. The Morgan fingerprint density at radius 2 is 2.07 bits per heavy atom. The van der Waals surface area contributed by atoms with Gasteiger partial charge in [0.1, 0.15) is 5.54 Å². The van der Waals surface area contributed by atoms with Crippen LogP contribution in [0.1, 0.15) is 12.5 Å². The van der Waals surface area contributed by atoms with Crippen LogP contribution < -0.4 is 11.1 Å². The number of hydrogen-bond acceptors (Lipinski definition) is 2. The van der Waals surface area contributed by atoms with Gasteiger partial charge in [0.2, 0.25) is 5.91 Å². The summed E-state index contributed by atoms with van der Waals surface area (Å²) >= 11 is 11.8. The third-order valence-corrected chi connectivity index (χ3v) is 3.01. The van der Waals surface area contributed by atoms with E-state index < -0.39 is 11.4 Å². The van der Waals surface area contributed by atoms with E-state index in [1.807, 2.05) is 0 Å². The van der Waals surface area contributed by atoms with Gasteiger partial charge in [0.15, 0.2) is 0 Å². The highest BCUT2D eigenvalue weighted by Crippen LogP contribution is 2.29. The first-order valence-electron chi connectivity index (χ1n) is 4.36. The summed E-state index contributed by atoms with van der Waals surface area (Å²) in [4.78, 5) is 11.4. The summed E-state index contributed by atoms with van der Waals surface area (Å²) in [6, 6.07) is 4.93. The fourth-order valence-corrected chi connectivity index (χ4v) is 1.88. The minimum Gasteiger partial charge on any atom is -0.368 e. The van der Waals surface area contributed by atoms with Crippen molar-refractivity contribution in [2.24, 2.45) is 5.73 Å². The van der Waals surface area contributed by atoms with E-state index in [1.54, 1.807) is 32.2 Å². The molecule has 1 aromatic rings. The Kier molecular flexibility index (Phi) is 3.60. The van der Waals surface area contributed by atoms with Crippen LogP contribution in [0.2, 0.25) is 10.0 Å².